The Morgan fingerprint density at radius 2 is 1.29 bits per heavy atom. The zero-order chi connectivity index (χ0) is 44.5. The third-order valence-electron chi connectivity index (χ3n) is 11.5. The summed E-state index contributed by atoms with van der Waals surface area (Å²) in [5.74, 6) is -0.545. The first-order chi connectivity index (χ1) is 27.2. The Labute approximate surface area is 406 Å². The largest absolute Gasteiger partial charge is 0.509 e. The van der Waals surface area contributed by atoms with Crippen LogP contribution >= 0.6 is 243 Å². The first-order valence-corrected chi connectivity index (χ1v) is 69.4. The molecule has 5 rings (SSSR count). The van der Waals surface area contributed by atoms with Gasteiger partial charge >= 0.3 is 6.16 Å². The minimum absolute atomic E-state index is 0.173. The van der Waals surface area contributed by atoms with E-state index < -0.39 is 139 Å². The van der Waals surface area contributed by atoms with Gasteiger partial charge in [-0.25, -0.2) is 4.79 Å². The molecular formula is C21H60O8P30. The fourth-order valence-electron chi connectivity index (χ4n) is 9.08. The highest BCUT2D eigenvalue weighted by Gasteiger charge is 2.78. The molecule has 0 aromatic rings. The molecule has 30 atom stereocenters. The van der Waals surface area contributed by atoms with Crippen LogP contribution in [0, 0.1) is 16.7 Å². The molecule has 2 saturated carbocycles. The van der Waals surface area contributed by atoms with Gasteiger partial charge in [-0.3, -0.25) is 0 Å². The van der Waals surface area contributed by atoms with E-state index in [1.54, 1.807) is 0 Å². The summed E-state index contributed by atoms with van der Waals surface area (Å²) in [6.45, 7) is 4.30. The van der Waals surface area contributed by atoms with Crippen LogP contribution in [0.1, 0.15) is 47.0 Å². The first kappa shape index (κ1) is 61.6. The molecule has 0 aromatic heterocycles. The van der Waals surface area contributed by atoms with Gasteiger partial charge in [0.1, 0.15) is 5.60 Å². The van der Waals surface area contributed by atoms with Gasteiger partial charge in [0.2, 0.25) is 0 Å². The van der Waals surface area contributed by atoms with Gasteiger partial charge in [0.25, 0.3) is 0 Å². The lowest BCUT2D eigenvalue weighted by Crippen LogP contribution is -2.78. The lowest BCUT2D eigenvalue weighted by Gasteiger charge is -2.67. The quantitative estimate of drug-likeness (QED) is 0.0875. The molecular weight excluding hydrogens is 1310 g/mol. The van der Waals surface area contributed by atoms with Gasteiger partial charge in [-0.2, -0.15) is 0 Å². The zero-order valence-electron chi connectivity index (χ0n) is 32.6. The number of hydrogen-bond acceptors (Lipinski definition) is 8. The van der Waals surface area contributed by atoms with E-state index >= 15 is 0 Å². The van der Waals surface area contributed by atoms with Crippen LogP contribution in [-0.4, -0.2) is 59.6 Å². The summed E-state index contributed by atoms with van der Waals surface area (Å²) < 4.78 is 42.8. The van der Waals surface area contributed by atoms with Crippen molar-refractivity contribution in [1.29, 1.82) is 0 Å². The van der Waals surface area contributed by atoms with E-state index in [4.69, 9.17) is 27.8 Å². The van der Waals surface area contributed by atoms with Crippen molar-refractivity contribution >= 4 is 249 Å². The fourth-order valence-corrected chi connectivity index (χ4v) is 204. The fraction of sp³-hybridized carbons (Fsp3) is 0.857. The molecule has 5 aliphatic rings. The first-order valence-electron chi connectivity index (χ1n) is 17.2. The molecule has 4 fully saturated rings. The Bertz CT molecular complexity index is 1510. The van der Waals surface area contributed by atoms with Crippen molar-refractivity contribution in [2.45, 2.75) is 88.7 Å². The maximum Gasteiger partial charge on any atom is 0.509 e. The summed E-state index contributed by atoms with van der Waals surface area (Å²) in [7, 11) is 47.7. The van der Waals surface area contributed by atoms with Crippen LogP contribution in [-0.2, 0) is 27.8 Å². The monoisotopic (exact) mass is 1370 g/mol. The van der Waals surface area contributed by atoms with Crippen molar-refractivity contribution in [3.8, 4) is 0 Å². The highest BCUT2D eigenvalue weighted by Crippen LogP contribution is 3.18. The standard InChI is InChI=1S/C21H60O8P30/c1-9-10(27-49(57(45)53(37)38)59(55(41)42)56(43)44)7-21-16(25-17(22)26-21)15-19(4,12(5-13-20(15,23)8-24-13)29-47(50(31)32)51(33)34)6-11(14(9)18(21,2)3)28-48(52(35)36)58(46-30)54(39)40/h10-13,15-16,23,46H,5-8,30-45H2,1-4H3/t10-,11+,12-,13+,15-,16-,19+,20-,21+,48?,49?,57?,58?/m0/s1. The molecule has 59 heavy (non-hydrogen) atoms. The predicted octanol–water partition coefficient (Wildman–Crippen LogP) is 19.1. The van der Waals surface area contributed by atoms with Gasteiger partial charge in [0.15, 0.2) is 11.7 Å². The minimum Gasteiger partial charge on any atom is -0.426 e. The highest BCUT2D eigenvalue weighted by molar-refractivity contribution is 9.19. The van der Waals surface area contributed by atoms with Gasteiger partial charge < -0.3 is 32.9 Å². The van der Waals surface area contributed by atoms with Crippen molar-refractivity contribution < 1.29 is 37.7 Å². The molecule has 1 N–H and O–H groups in total. The smallest absolute Gasteiger partial charge is 0.426 e. The molecule has 8 nitrogen and oxygen atoms in total. The maximum absolute atomic E-state index is 14.1. The number of carbonyl (C=O) groups is 1. The van der Waals surface area contributed by atoms with Gasteiger partial charge in [-0.15, -0.1) is 134 Å². The van der Waals surface area contributed by atoms with Crippen LogP contribution in [0.3, 0.4) is 0 Å². The predicted molar refractivity (Wildman–Crippen MR) is 349 cm³/mol. The van der Waals surface area contributed by atoms with Crippen molar-refractivity contribution in [2.24, 2.45) is 16.7 Å². The summed E-state index contributed by atoms with van der Waals surface area (Å²) in [6.07, 6.45) is -1.26. The van der Waals surface area contributed by atoms with E-state index in [9.17, 15) is 9.90 Å². The number of carbonyl (C=O) groups excluding carboxylic acids is 1. The molecule has 21 unspecified atom stereocenters. The number of hydrogen-bond donors (Lipinski definition) is 1. The van der Waals surface area contributed by atoms with E-state index in [0.717, 1.165) is 5.57 Å². The second kappa shape index (κ2) is 25.9. The molecule has 1 spiro atoms. The molecule has 2 aliphatic heterocycles. The van der Waals surface area contributed by atoms with Crippen molar-refractivity contribution in [2.75, 3.05) is 6.61 Å². The number of rotatable bonds is 17. The van der Waals surface area contributed by atoms with Crippen LogP contribution in [0.15, 0.2) is 11.1 Å². The van der Waals surface area contributed by atoms with Crippen molar-refractivity contribution in [1.82, 2.24) is 0 Å². The molecule has 0 amide bonds. The number of aliphatic hydroxyl groups is 1. The van der Waals surface area contributed by atoms with E-state index in [1.165, 1.54) is 5.57 Å². The van der Waals surface area contributed by atoms with Crippen LogP contribution < -0.4 is 0 Å². The van der Waals surface area contributed by atoms with E-state index in [0.29, 0.717) is 27.2 Å². The molecule has 0 aromatic carbocycles. The Hall–Kier alpha value is 11.7. The molecule has 2 heterocycles. The van der Waals surface area contributed by atoms with E-state index in [-0.39, 0.29) is 24.9 Å². The lowest BCUT2D eigenvalue weighted by atomic mass is 9.45. The third-order valence-corrected chi connectivity index (χ3v) is 152. The Balaban J connectivity index is 1.83. The molecule has 2 saturated heterocycles. The van der Waals surface area contributed by atoms with Gasteiger partial charge in [0.05, 0.1) is 53.6 Å². The summed E-state index contributed by atoms with van der Waals surface area (Å²) >= 11 is 0. The topological polar surface area (TPSA) is 92.7 Å². The number of ether oxygens (including phenoxy) is 3. The normalized spacial score (nSPS) is 36.7. The second-order valence-electron chi connectivity index (χ2n) is 15.1. The maximum atomic E-state index is 14.1. The Morgan fingerprint density at radius 1 is 0.729 bits per heavy atom. The molecule has 342 valence electrons. The Kier molecular flexibility index (Phi) is 27.0. The average molecular weight is 1370 g/mol. The summed E-state index contributed by atoms with van der Waals surface area (Å²) in [6, 6.07) is 0. The van der Waals surface area contributed by atoms with E-state index in [1.807, 2.05) is 0 Å². The molecule has 38 heteroatoms. The third kappa shape index (κ3) is 13.2. The van der Waals surface area contributed by atoms with Crippen molar-refractivity contribution in [3.63, 3.8) is 0 Å². The average Bonchev–Trinajstić information content (AvgIpc) is 3.43. The molecule has 3 aliphatic carbocycles. The van der Waals surface area contributed by atoms with Gasteiger partial charge in [-0.1, -0.05) is 37.7 Å². The Morgan fingerprint density at radius 3 is 1.75 bits per heavy atom. The number of fused-ring (bicyclic) bond motifs is 5. The van der Waals surface area contributed by atoms with Crippen LogP contribution in [0.4, 0.5) is 4.79 Å². The van der Waals surface area contributed by atoms with Crippen LogP contribution in [0.25, 0.3) is 0 Å². The summed E-state index contributed by atoms with van der Waals surface area (Å²) in [5.41, 5.74) is -1.45. The SMILES string of the molecule is CC1=C2[C@H](OP(P(P)P)P(PP)P(P)P)C[C@]3(C)[C@@H](OP(P(P)P)P(P)P)C[C@H]4OC[C@@]4(O)[C@H]3[C@@H]3OC(=O)O[C@@]3(C[C@@H]1OP(P(P)P(P)P)P(P(P)P)P(P)P)C2(C)C. The lowest BCUT2D eigenvalue weighted by molar-refractivity contribution is -0.339. The highest BCUT2D eigenvalue weighted by atomic mass is 33.2. The van der Waals surface area contributed by atoms with Crippen LogP contribution in [0.5, 0.6) is 0 Å². The summed E-state index contributed by atoms with van der Waals surface area (Å²) in [5, 5.41) is 13.1. The minimum atomic E-state index is -1.25. The van der Waals surface area contributed by atoms with Crippen molar-refractivity contribution in [3.05, 3.63) is 11.1 Å². The van der Waals surface area contributed by atoms with Gasteiger partial charge in [0, 0.05) is 50.6 Å². The summed E-state index contributed by atoms with van der Waals surface area (Å²) in [4.78, 5) is 14.1. The zero-order valence-corrected chi connectivity index (χ0v) is 63.8. The second-order valence-corrected chi connectivity index (χ2v) is 122. The molecule has 0 radical (unpaired) electrons. The van der Waals surface area contributed by atoms with Gasteiger partial charge in [-0.05, 0) is 73.4 Å². The van der Waals surface area contributed by atoms with E-state index in [2.05, 4.69) is 171 Å². The molecule has 2 bridgehead atoms. The van der Waals surface area contributed by atoms with Crippen LogP contribution in [0.2, 0.25) is 0 Å².